The van der Waals surface area contributed by atoms with Crippen molar-refractivity contribution in [2.75, 3.05) is 0 Å². The van der Waals surface area contributed by atoms with E-state index in [9.17, 15) is 14.7 Å². The molecule has 0 aliphatic heterocycles. The zero-order chi connectivity index (χ0) is 17.5. The van der Waals surface area contributed by atoms with Gasteiger partial charge in [0.2, 0.25) is 0 Å². The van der Waals surface area contributed by atoms with Gasteiger partial charge >= 0.3 is 11.9 Å². The van der Waals surface area contributed by atoms with E-state index in [0.717, 1.165) is 11.1 Å². The molecule has 0 unspecified atom stereocenters. The molecule has 0 saturated heterocycles. The van der Waals surface area contributed by atoms with Crippen LogP contribution in [0.2, 0.25) is 5.02 Å². The summed E-state index contributed by atoms with van der Waals surface area (Å²) < 4.78 is 0. The molecule has 0 aliphatic carbocycles. The fourth-order valence-corrected chi connectivity index (χ4v) is 2.70. The molecule has 24 heavy (non-hydrogen) atoms. The highest BCUT2D eigenvalue weighted by Crippen LogP contribution is 2.24. The molecule has 0 aromatic heterocycles. The third-order valence-corrected chi connectivity index (χ3v) is 4.00. The minimum atomic E-state index is -1.21. The van der Waals surface area contributed by atoms with Gasteiger partial charge in [0, 0.05) is 10.6 Å². The van der Waals surface area contributed by atoms with Crippen molar-refractivity contribution in [3.63, 3.8) is 0 Å². The van der Waals surface area contributed by atoms with E-state index in [4.69, 9.17) is 16.7 Å². The molecule has 4 nitrogen and oxygen atoms in total. The summed E-state index contributed by atoms with van der Waals surface area (Å²) in [4.78, 5) is 22.7. The van der Waals surface area contributed by atoms with Crippen LogP contribution in [0, 0.1) is 0 Å². The number of hydrogen-bond donors (Lipinski definition) is 2. The fraction of sp³-hybridized carbons (Fsp3) is 0.158. The topological polar surface area (TPSA) is 74.6 Å². The first kappa shape index (κ1) is 17.8. The molecule has 0 fully saturated rings. The second-order valence-electron chi connectivity index (χ2n) is 5.39. The fourth-order valence-electron chi connectivity index (χ4n) is 2.49. The molecule has 0 saturated carbocycles. The third kappa shape index (κ3) is 4.96. The predicted molar refractivity (Wildman–Crippen MR) is 92.2 cm³/mol. The number of rotatable bonds is 7. The molecule has 0 amide bonds. The molecule has 0 spiro atoms. The van der Waals surface area contributed by atoms with E-state index < -0.39 is 18.4 Å². The van der Waals surface area contributed by atoms with Crippen LogP contribution in [0.1, 0.15) is 17.5 Å². The van der Waals surface area contributed by atoms with E-state index in [1.807, 2.05) is 42.5 Å². The third-order valence-electron chi connectivity index (χ3n) is 3.63. The van der Waals surface area contributed by atoms with Crippen molar-refractivity contribution in [1.82, 2.24) is 0 Å². The average Bonchev–Trinajstić information content (AvgIpc) is 2.54. The number of benzene rings is 2. The molecule has 2 N–H and O–H groups in total. The van der Waals surface area contributed by atoms with Crippen molar-refractivity contribution in [3.8, 4) is 0 Å². The van der Waals surface area contributed by atoms with Crippen molar-refractivity contribution < 1.29 is 19.8 Å². The van der Waals surface area contributed by atoms with Gasteiger partial charge in [-0.05, 0) is 30.0 Å². The first-order valence-electron chi connectivity index (χ1n) is 7.40. The maximum atomic E-state index is 11.6. The van der Waals surface area contributed by atoms with E-state index in [1.165, 1.54) is 0 Å². The lowest BCUT2D eigenvalue weighted by molar-refractivity contribution is -0.139. The summed E-state index contributed by atoms with van der Waals surface area (Å²) in [6, 6.07) is 16.5. The minimum absolute atomic E-state index is 0.0914. The highest BCUT2D eigenvalue weighted by atomic mass is 35.5. The van der Waals surface area contributed by atoms with E-state index >= 15 is 0 Å². The van der Waals surface area contributed by atoms with E-state index in [0.29, 0.717) is 23.4 Å². The van der Waals surface area contributed by atoms with E-state index in [-0.39, 0.29) is 5.57 Å². The van der Waals surface area contributed by atoms with Crippen molar-refractivity contribution >= 4 is 23.5 Å². The number of carboxylic acid groups (broad SMARTS) is 2. The average molecular weight is 345 g/mol. The molecule has 0 bridgehead atoms. The molecule has 124 valence electrons. The Hall–Kier alpha value is -2.59. The Morgan fingerprint density at radius 3 is 2.08 bits per heavy atom. The maximum absolute atomic E-state index is 11.6. The summed E-state index contributed by atoms with van der Waals surface area (Å²) >= 11 is 6.17. The monoisotopic (exact) mass is 344 g/mol. The molecule has 2 aromatic rings. The van der Waals surface area contributed by atoms with Gasteiger partial charge < -0.3 is 10.2 Å². The van der Waals surface area contributed by atoms with Crippen LogP contribution < -0.4 is 0 Å². The second-order valence-corrected chi connectivity index (χ2v) is 5.80. The van der Waals surface area contributed by atoms with Crippen molar-refractivity contribution in [2.45, 2.75) is 19.3 Å². The maximum Gasteiger partial charge on any atom is 0.332 e. The Morgan fingerprint density at radius 2 is 1.50 bits per heavy atom. The Morgan fingerprint density at radius 1 is 0.875 bits per heavy atom. The summed E-state index contributed by atoms with van der Waals surface area (Å²) in [5.41, 5.74) is 2.15. The molecule has 2 rings (SSSR count). The normalized spacial score (nSPS) is 11.7. The summed E-state index contributed by atoms with van der Waals surface area (Å²) in [5.74, 6) is -2.38. The van der Waals surface area contributed by atoms with Crippen LogP contribution in [0.5, 0.6) is 0 Å². The van der Waals surface area contributed by atoms with E-state index in [1.54, 1.807) is 12.1 Å². The smallest absolute Gasteiger partial charge is 0.332 e. The lowest BCUT2D eigenvalue weighted by atomic mass is 9.92. The Labute approximate surface area is 145 Å². The minimum Gasteiger partial charge on any atom is -0.481 e. The Kier molecular flexibility index (Phi) is 6.15. The lowest BCUT2D eigenvalue weighted by Crippen LogP contribution is -2.13. The van der Waals surface area contributed by atoms with Crippen molar-refractivity contribution in [1.29, 1.82) is 0 Å². The van der Waals surface area contributed by atoms with Crippen molar-refractivity contribution in [3.05, 3.63) is 81.9 Å². The number of allylic oxidation sites excluding steroid dienone is 1. The van der Waals surface area contributed by atoms with E-state index in [2.05, 4.69) is 0 Å². The van der Waals surface area contributed by atoms with Gasteiger partial charge in [0.15, 0.2) is 0 Å². The van der Waals surface area contributed by atoms with Gasteiger partial charge in [-0.2, -0.15) is 0 Å². The molecule has 0 aliphatic rings. The van der Waals surface area contributed by atoms with Gasteiger partial charge in [0.05, 0.1) is 6.42 Å². The molecular formula is C19H17ClO4. The van der Waals surface area contributed by atoms with Gasteiger partial charge in [0.25, 0.3) is 0 Å². The second kappa shape index (κ2) is 8.31. The highest BCUT2D eigenvalue weighted by molar-refractivity contribution is 6.31. The molecule has 0 atom stereocenters. The standard InChI is InChI=1S/C19H17ClO4/c20-17-9-5-4-8-14(17)11-15(10-13-6-2-1-3-7-13)16(19(23)24)12-18(21)22/h1-9H,10-12H2,(H,21,22)(H,23,24). The Balaban J connectivity index is 2.45. The summed E-state index contributed by atoms with van der Waals surface area (Å²) in [7, 11) is 0. The van der Waals surface area contributed by atoms with Gasteiger partial charge in [-0.3, -0.25) is 4.79 Å². The van der Waals surface area contributed by atoms with Crippen LogP contribution in [0.4, 0.5) is 0 Å². The zero-order valence-corrected chi connectivity index (χ0v) is 13.7. The van der Waals surface area contributed by atoms with Gasteiger partial charge in [0.1, 0.15) is 0 Å². The molecule has 0 radical (unpaired) electrons. The van der Waals surface area contributed by atoms with Crippen LogP contribution in [0.15, 0.2) is 65.7 Å². The van der Waals surface area contributed by atoms with Crippen LogP contribution in [0.3, 0.4) is 0 Å². The largest absolute Gasteiger partial charge is 0.481 e. The number of hydrogen-bond acceptors (Lipinski definition) is 2. The summed E-state index contributed by atoms with van der Waals surface area (Å²) in [6.45, 7) is 0. The molecule has 5 heteroatoms. The SMILES string of the molecule is O=C(O)CC(C(=O)O)=C(Cc1ccccc1)Cc1ccccc1Cl. The predicted octanol–water partition coefficient (Wildman–Crippen LogP) is 3.98. The number of halogens is 1. The molecular weight excluding hydrogens is 328 g/mol. The van der Waals surface area contributed by atoms with Crippen LogP contribution in [-0.2, 0) is 22.4 Å². The number of aliphatic carboxylic acids is 2. The Bertz CT molecular complexity index is 766. The highest BCUT2D eigenvalue weighted by Gasteiger charge is 2.19. The van der Waals surface area contributed by atoms with Crippen LogP contribution in [-0.4, -0.2) is 22.2 Å². The van der Waals surface area contributed by atoms with Crippen LogP contribution >= 0.6 is 11.6 Å². The van der Waals surface area contributed by atoms with Gasteiger partial charge in [-0.1, -0.05) is 65.7 Å². The van der Waals surface area contributed by atoms with Crippen LogP contribution in [0.25, 0.3) is 0 Å². The quantitative estimate of drug-likeness (QED) is 0.745. The van der Waals surface area contributed by atoms with Gasteiger partial charge in [-0.15, -0.1) is 0 Å². The zero-order valence-electron chi connectivity index (χ0n) is 12.9. The molecule has 0 heterocycles. The summed E-state index contributed by atoms with van der Waals surface area (Å²) in [6.07, 6.45) is 0.131. The summed E-state index contributed by atoms with van der Waals surface area (Å²) in [5, 5.41) is 19.0. The first-order valence-corrected chi connectivity index (χ1v) is 7.78. The van der Waals surface area contributed by atoms with Crippen molar-refractivity contribution in [2.24, 2.45) is 0 Å². The lowest BCUT2D eigenvalue weighted by Gasteiger charge is -2.13. The first-order chi connectivity index (χ1) is 11.5. The number of carbonyl (C=O) groups is 2. The number of carboxylic acids is 2. The molecule has 2 aromatic carbocycles. The van der Waals surface area contributed by atoms with Gasteiger partial charge in [-0.25, -0.2) is 4.79 Å².